The molecule has 2 aromatic rings. The second kappa shape index (κ2) is 5.70. The van der Waals surface area contributed by atoms with Crippen LogP contribution in [-0.2, 0) is 6.18 Å². The van der Waals surface area contributed by atoms with Crippen LogP contribution in [0.3, 0.4) is 0 Å². The fourth-order valence-electron chi connectivity index (χ4n) is 4.67. The van der Waals surface area contributed by atoms with Gasteiger partial charge in [0.15, 0.2) is 0 Å². The van der Waals surface area contributed by atoms with Crippen LogP contribution < -0.4 is 5.73 Å². The lowest BCUT2D eigenvalue weighted by atomic mass is 9.84. The van der Waals surface area contributed by atoms with Gasteiger partial charge in [0, 0.05) is 24.0 Å². The van der Waals surface area contributed by atoms with Gasteiger partial charge in [0.1, 0.15) is 17.7 Å². The molecule has 6 rings (SSSR count). The lowest BCUT2D eigenvalue weighted by Gasteiger charge is -2.26. The summed E-state index contributed by atoms with van der Waals surface area (Å²) in [7, 11) is 0. The Bertz CT molecular complexity index is 884. The van der Waals surface area contributed by atoms with E-state index in [0.29, 0.717) is 17.4 Å². The number of rotatable bonds is 4. The van der Waals surface area contributed by atoms with Gasteiger partial charge >= 0.3 is 6.18 Å². The number of anilines is 1. The van der Waals surface area contributed by atoms with Crippen molar-refractivity contribution < 1.29 is 18.3 Å². The molecule has 144 valence electrons. The first-order valence-electron chi connectivity index (χ1n) is 9.41. The maximum absolute atomic E-state index is 13.2. The Morgan fingerprint density at radius 2 is 1.96 bits per heavy atom. The number of pyridine rings is 1. The molecule has 0 unspecified atom stereocenters. The number of imidazole rings is 1. The molecule has 0 spiro atoms. The number of hydrogen-bond acceptors (Lipinski definition) is 4. The molecule has 0 saturated heterocycles. The van der Waals surface area contributed by atoms with Crippen LogP contribution in [0.1, 0.15) is 55.6 Å². The first-order chi connectivity index (χ1) is 12.8. The van der Waals surface area contributed by atoms with Gasteiger partial charge in [-0.2, -0.15) is 13.2 Å². The second-order valence-corrected chi connectivity index (χ2v) is 8.23. The van der Waals surface area contributed by atoms with E-state index in [2.05, 4.69) is 9.97 Å². The van der Waals surface area contributed by atoms with Gasteiger partial charge in [-0.25, -0.2) is 9.97 Å². The van der Waals surface area contributed by atoms with Crippen molar-refractivity contribution in [3.05, 3.63) is 29.8 Å². The Labute approximate surface area is 154 Å². The molecule has 0 radical (unpaired) electrons. The number of fused-ring (bicyclic) bond motifs is 1. The number of aliphatic hydroxyl groups excluding tert-OH is 1. The predicted molar refractivity (Wildman–Crippen MR) is 92.4 cm³/mol. The van der Waals surface area contributed by atoms with Crippen LogP contribution in [-0.4, -0.2) is 19.6 Å². The largest absolute Gasteiger partial charge is 0.419 e. The highest BCUT2D eigenvalue weighted by Crippen LogP contribution is 2.56. The lowest BCUT2D eigenvalue weighted by molar-refractivity contribution is -0.137. The van der Waals surface area contributed by atoms with Gasteiger partial charge in [-0.1, -0.05) is 0 Å². The first kappa shape index (κ1) is 17.0. The van der Waals surface area contributed by atoms with Crippen LogP contribution in [0, 0.1) is 17.8 Å². The van der Waals surface area contributed by atoms with Crippen molar-refractivity contribution in [3.63, 3.8) is 0 Å². The van der Waals surface area contributed by atoms with Crippen LogP contribution in [0.5, 0.6) is 0 Å². The van der Waals surface area contributed by atoms with Gasteiger partial charge in [-0.15, -0.1) is 0 Å². The highest BCUT2D eigenvalue weighted by Gasteiger charge is 2.47. The number of aliphatic hydroxyl groups is 1. The number of aromatic nitrogens is 3. The molecule has 8 heteroatoms. The summed E-state index contributed by atoms with van der Waals surface area (Å²) in [4.78, 5) is 8.28. The topological polar surface area (TPSA) is 77.0 Å². The summed E-state index contributed by atoms with van der Waals surface area (Å²) in [6, 6.07) is 1.28. The minimum absolute atomic E-state index is 0.200. The highest BCUT2D eigenvalue weighted by molar-refractivity contribution is 5.62. The predicted octanol–water partition coefficient (Wildman–Crippen LogP) is 3.96. The van der Waals surface area contributed by atoms with Gasteiger partial charge in [0.25, 0.3) is 0 Å². The van der Waals surface area contributed by atoms with Gasteiger partial charge in [-0.3, -0.25) is 0 Å². The fraction of sp³-hybridized carbons (Fsp3) is 0.579. The van der Waals surface area contributed by atoms with Gasteiger partial charge in [0.2, 0.25) is 0 Å². The van der Waals surface area contributed by atoms with Gasteiger partial charge < -0.3 is 15.4 Å². The summed E-state index contributed by atoms with van der Waals surface area (Å²) in [5.74, 6) is 1.55. The van der Waals surface area contributed by atoms with Gasteiger partial charge in [-0.05, 0) is 55.9 Å². The maximum atomic E-state index is 13.2. The molecule has 0 aliphatic heterocycles. The molecule has 2 atom stereocenters. The molecule has 2 bridgehead atoms. The normalized spacial score (nSPS) is 28.2. The number of alkyl halides is 3. The molecule has 0 amide bonds. The van der Waals surface area contributed by atoms with E-state index in [-0.39, 0.29) is 17.5 Å². The number of hydrogen-bond donors (Lipinski definition) is 2. The zero-order chi connectivity index (χ0) is 18.9. The number of nitrogen functional groups attached to an aromatic ring is 1. The van der Waals surface area contributed by atoms with E-state index in [1.807, 2.05) is 4.57 Å². The highest BCUT2D eigenvalue weighted by atomic mass is 19.4. The average Bonchev–Trinajstić information content (AvgIpc) is 3.02. The summed E-state index contributed by atoms with van der Waals surface area (Å²) in [5.41, 5.74) is 5.13. The van der Waals surface area contributed by atoms with E-state index < -0.39 is 23.7 Å². The summed E-state index contributed by atoms with van der Waals surface area (Å²) in [5, 5.41) is 10.7. The van der Waals surface area contributed by atoms with Crippen molar-refractivity contribution >= 4 is 5.82 Å². The third-order valence-electron chi connectivity index (χ3n) is 6.36. The third-order valence-corrected chi connectivity index (χ3v) is 6.36. The molecular formula is C19H21F3N4O. The summed E-state index contributed by atoms with van der Waals surface area (Å²) in [6.07, 6.45) is 3.23. The van der Waals surface area contributed by atoms with E-state index in [9.17, 15) is 18.3 Å². The number of halogens is 3. The molecule has 3 N–H and O–H groups in total. The Morgan fingerprint density at radius 1 is 1.22 bits per heavy atom. The van der Waals surface area contributed by atoms with Crippen molar-refractivity contribution in [2.24, 2.45) is 17.8 Å². The summed E-state index contributed by atoms with van der Waals surface area (Å²) < 4.78 is 41.6. The van der Waals surface area contributed by atoms with E-state index >= 15 is 0 Å². The van der Waals surface area contributed by atoms with Crippen LogP contribution in [0.15, 0.2) is 18.5 Å². The Kier molecular flexibility index (Phi) is 3.60. The fourth-order valence-corrected chi connectivity index (χ4v) is 4.67. The molecular weight excluding hydrogens is 357 g/mol. The molecule has 4 fully saturated rings. The van der Waals surface area contributed by atoms with Crippen LogP contribution in [0.25, 0.3) is 11.3 Å². The summed E-state index contributed by atoms with van der Waals surface area (Å²) in [6.45, 7) is 0. The Hall–Kier alpha value is -2.09. The minimum atomic E-state index is -4.57. The van der Waals surface area contributed by atoms with E-state index in [1.165, 1.54) is 19.0 Å². The van der Waals surface area contributed by atoms with Crippen molar-refractivity contribution in [2.75, 3.05) is 5.73 Å². The Balaban J connectivity index is 1.57. The number of nitrogens with zero attached hydrogens (tertiary/aromatic N) is 3. The summed E-state index contributed by atoms with van der Waals surface area (Å²) >= 11 is 0. The Morgan fingerprint density at radius 3 is 2.56 bits per heavy atom. The molecule has 2 aromatic heterocycles. The molecule has 4 saturated carbocycles. The van der Waals surface area contributed by atoms with Crippen LogP contribution in [0.2, 0.25) is 0 Å². The van der Waals surface area contributed by atoms with E-state index in [4.69, 9.17) is 5.73 Å². The lowest BCUT2D eigenvalue weighted by Crippen LogP contribution is -2.19. The quantitative estimate of drug-likeness (QED) is 0.844. The van der Waals surface area contributed by atoms with Crippen molar-refractivity contribution in [1.29, 1.82) is 0 Å². The molecule has 5 nitrogen and oxygen atoms in total. The van der Waals surface area contributed by atoms with E-state index in [1.54, 1.807) is 6.20 Å². The van der Waals surface area contributed by atoms with Gasteiger partial charge in [0.05, 0.1) is 11.3 Å². The second-order valence-electron chi connectivity index (χ2n) is 8.23. The number of nitrogens with two attached hydrogens (primary N) is 1. The molecule has 4 aliphatic rings. The molecule has 4 aliphatic carbocycles. The monoisotopic (exact) mass is 378 g/mol. The standard InChI is InChI=1S/C19H21F3N4O/c20-19(21,22)13-6-12(7-24-17(13)23)14-8-26(15-5-9-3-11(15)4-9)18(25-14)16(27)10-1-2-10/h6-11,15-16,27H,1-5H2,(H2,23,24)/t9?,11?,15-,16+/m0/s1. The van der Waals surface area contributed by atoms with Crippen LogP contribution in [0.4, 0.5) is 19.0 Å². The zero-order valence-corrected chi connectivity index (χ0v) is 14.7. The third kappa shape index (κ3) is 2.81. The maximum Gasteiger partial charge on any atom is 0.419 e. The van der Waals surface area contributed by atoms with E-state index in [0.717, 1.165) is 31.2 Å². The van der Waals surface area contributed by atoms with Crippen LogP contribution >= 0.6 is 0 Å². The molecule has 2 heterocycles. The molecule has 27 heavy (non-hydrogen) atoms. The van der Waals surface area contributed by atoms with Crippen molar-refractivity contribution in [2.45, 2.75) is 50.4 Å². The van der Waals surface area contributed by atoms with Crippen molar-refractivity contribution in [3.8, 4) is 11.3 Å². The smallest absolute Gasteiger partial charge is 0.385 e. The minimum Gasteiger partial charge on any atom is -0.385 e. The first-order valence-corrected chi connectivity index (χ1v) is 9.41. The molecule has 0 aromatic carbocycles. The SMILES string of the molecule is Nc1ncc(-c2cn([C@H]3CC4CC3C4)c([C@H](O)C3CC3)n2)cc1C(F)(F)F. The average molecular weight is 378 g/mol. The van der Waals surface area contributed by atoms with Crippen molar-refractivity contribution in [1.82, 2.24) is 14.5 Å². The zero-order valence-electron chi connectivity index (χ0n) is 14.7.